The molecule has 146 valence electrons. The molecular weight excluding hydrogens is 375 g/mol. The number of fused-ring (bicyclic) bond motifs is 1. The highest BCUT2D eigenvalue weighted by atomic mass is 19.1. The lowest BCUT2D eigenvalue weighted by Crippen LogP contribution is -2.31. The number of aromatic nitrogens is 3. The number of benzene rings is 2. The number of hydrogen-bond acceptors (Lipinski definition) is 4. The predicted molar refractivity (Wildman–Crippen MR) is 109 cm³/mol. The summed E-state index contributed by atoms with van der Waals surface area (Å²) in [6.07, 6.45) is 3.79. The van der Waals surface area contributed by atoms with Crippen LogP contribution in [0.5, 0.6) is 5.88 Å². The molecular formula is C21H17FN4O3. The quantitative estimate of drug-likeness (QED) is 0.455. The van der Waals surface area contributed by atoms with Crippen molar-refractivity contribution in [3.05, 3.63) is 92.5 Å². The van der Waals surface area contributed by atoms with Crippen molar-refractivity contribution in [2.24, 2.45) is 4.99 Å². The van der Waals surface area contributed by atoms with Gasteiger partial charge in [0.25, 0.3) is 5.56 Å². The number of aliphatic imine (C=N–C) groups is 1. The second kappa shape index (κ2) is 7.59. The summed E-state index contributed by atoms with van der Waals surface area (Å²) in [5.74, 6) is -1.04. The summed E-state index contributed by atoms with van der Waals surface area (Å²) in [6.45, 7) is 0.385. The van der Waals surface area contributed by atoms with Gasteiger partial charge in [-0.25, -0.2) is 13.8 Å². The minimum Gasteiger partial charge on any atom is -0.493 e. The average Bonchev–Trinajstić information content (AvgIpc) is 3.12. The first-order valence-electron chi connectivity index (χ1n) is 8.93. The van der Waals surface area contributed by atoms with Crippen LogP contribution in [0.15, 0.2) is 69.3 Å². The molecule has 2 heterocycles. The van der Waals surface area contributed by atoms with Crippen LogP contribution in [0.25, 0.3) is 16.6 Å². The topological polar surface area (TPSA) is 103 Å². The maximum Gasteiger partial charge on any atom is 0.335 e. The monoisotopic (exact) mass is 392 g/mol. The van der Waals surface area contributed by atoms with Crippen LogP contribution < -0.4 is 11.2 Å². The number of hydrogen-bond donors (Lipinski definition) is 3. The number of H-pyrrole nitrogens is 2. The molecule has 0 saturated heterocycles. The molecule has 4 rings (SSSR count). The molecule has 0 aliphatic rings. The van der Waals surface area contributed by atoms with Crippen LogP contribution in [0.1, 0.15) is 11.1 Å². The van der Waals surface area contributed by atoms with Gasteiger partial charge in [-0.05, 0) is 42.3 Å². The smallest absolute Gasteiger partial charge is 0.335 e. The Kier molecular flexibility index (Phi) is 4.82. The van der Waals surface area contributed by atoms with E-state index in [-0.39, 0.29) is 11.3 Å². The second-order valence-electron chi connectivity index (χ2n) is 6.45. The Bertz CT molecular complexity index is 1320. The van der Waals surface area contributed by atoms with Crippen molar-refractivity contribution < 1.29 is 9.50 Å². The molecule has 8 heteroatoms. The zero-order valence-electron chi connectivity index (χ0n) is 15.2. The lowest BCUT2D eigenvalue weighted by atomic mass is 10.1. The first-order chi connectivity index (χ1) is 14.0. The third kappa shape index (κ3) is 3.60. The molecule has 7 nitrogen and oxygen atoms in total. The van der Waals surface area contributed by atoms with Crippen LogP contribution in [0.3, 0.4) is 0 Å². The van der Waals surface area contributed by atoms with E-state index in [1.165, 1.54) is 18.3 Å². The van der Waals surface area contributed by atoms with Crippen LogP contribution in [-0.2, 0) is 6.42 Å². The van der Waals surface area contributed by atoms with Crippen molar-refractivity contribution in [2.45, 2.75) is 6.42 Å². The van der Waals surface area contributed by atoms with Gasteiger partial charge in [-0.15, -0.1) is 0 Å². The Morgan fingerprint density at radius 3 is 2.66 bits per heavy atom. The number of nitrogens with zero attached hydrogens (tertiary/aromatic N) is 2. The number of aromatic amines is 2. The van der Waals surface area contributed by atoms with Gasteiger partial charge in [0, 0.05) is 29.9 Å². The van der Waals surface area contributed by atoms with E-state index in [4.69, 9.17) is 0 Å². The lowest BCUT2D eigenvalue weighted by Gasteiger charge is -2.09. The van der Waals surface area contributed by atoms with Gasteiger partial charge < -0.3 is 10.1 Å². The third-order valence-corrected chi connectivity index (χ3v) is 4.61. The number of aromatic hydroxyl groups is 1. The van der Waals surface area contributed by atoms with Gasteiger partial charge in [0.1, 0.15) is 11.4 Å². The van der Waals surface area contributed by atoms with E-state index < -0.39 is 22.9 Å². The normalized spacial score (nSPS) is 11.5. The summed E-state index contributed by atoms with van der Waals surface area (Å²) in [7, 11) is 0. The minimum atomic E-state index is -0.824. The second-order valence-corrected chi connectivity index (χ2v) is 6.45. The fraction of sp³-hybridized carbons (Fsp3) is 0.0952. The van der Waals surface area contributed by atoms with Gasteiger partial charge in [-0.2, -0.15) is 0 Å². The van der Waals surface area contributed by atoms with Crippen LogP contribution in [0.2, 0.25) is 0 Å². The van der Waals surface area contributed by atoms with Crippen LogP contribution in [-0.4, -0.2) is 32.4 Å². The summed E-state index contributed by atoms with van der Waals surface area (Å²) in [5.41, 5.74) is 0.627. The number of para-hydroxylation sites is 1. The highest BCUT2D eigenvalue weighted by Gasteiger charge is 2.14. The fourth-order valence-electron chi connectivity index (χ4n) is 3.16. The summed E-state index contributed by atoms with van der Waals surface area (Å²) in [4.78, 5) is 33.8. The van der Waals surface area contributed by atoms with Crippen LogP contribution >= 0.6 is 0 Å². The molecule has 0 spiro atoms. The first kappa shape index (κ1) is 18.4. The Balaban J connectivity index is 1.60. The van der Waals surface area contributed by atoms with Gasteiger partial charge in [-0.1, -0.05) is 18.2 Å². The Labute approximate surface area is 163 Å². The number of rotatable bonds is 5. The standard InChI is InChI=1S/C21H17FN4O3/c22-14-5-7-15(8-6-14)26-20(28)17(19(27)25-21(26)29)12-23-10-9-13-11-24-18-4-2-1-3-16(13)18/h1-8,11-12,24,28H,9-10H2,(H,25,27,29). The fourth-order valence-corrected chi connectivity index (χ4v) is 3.16. The van der Waals surface area contributed by atoms with E-state index in [2.05, 4.69) is 15.0 Å². The molecule has 4 aromatic rings. The zero-order valence-corrected chi connectivity index (χ0v) is 15.2. The van der Waals surface area contributed by atoms with Crippen molar-refractivity contribution in [1.82, 2.24) is 14.5 Å². The number of nitrogens with one attached hydrogen (secondary N) is 2. The Morgan fingerprint density at radius 1 is 1.10 bits per heavy atom. The Hall–Kier alpha value is -3.94. The molecule has 2 aromatic heterocycles. The van der Waals surface area contributed by atoms with Gasteiger partial charge in [-0.3, -0.25) is 14.8 Å². The molecule has 0 saturated carbocycles. The highest BCUT2D eigenvalue weighted by Crippen LogP contribution is 2.18. The molecule has 0 atom stereocenters. The van der Waals surface area contributed by atoms with Crippen molar-refractivity contribution in [3.63, 3.8) is 0 Å². The van der Waals surface area contributed by atoms with Crippen LogP contribution in [0.4, 0.5) is 4.39 Å². The lowest BCUT2D eigenvalue weighted by molar-refractivity contribution is 0.430. The van der Waals surface area contributed by atoms with Crippen molar-refractivity contribution in [3.8, 4) is 11.6 Å². The summed E-state index contributed by atoms with van der Waals surface area (Å²) < 4.78 is 14.0. The molecule has 0 bridgehead atoms. The summed E-state index contributed by atoms with van der Waals surface area (Å²) in [6, 6.07) is 12.9. The maximum atomic E-state index is 13.1. The van der Waals surface area contributed by atoms with E-state index in [0.717, 1.165) is 33.2 Å². The molecule has 0 aliphatic carbocycles. The van der Waals surface area contributed by atoms with Crippen LogP contribution in [0, 0.1) is 5.82 Å². The van der Waals surface area contributed by atoms with E-state index in [1.807, 2.05) is 30.5 Å². The number of halogens is 1. The molecule has 0 amide bonds. The van der Waals surface area contributed by atoms with E-state index in [0.29, 0.717) is 13.0 Å². The molecule has 3 N–H and O–H groups in total. The van der Waals surface area contributed by atoms with E-state index >= 15 is 0 Å². The first-order valence-corrected chi connectivity index (χ1v) is 8.93. The van der Waals surface area contributed by atoms with Crippen molar-refractivity contribution in [2.75, 3.05) is 6.54 Å². The minimum absolute atomic E-state index is 0.146. The molecule has 29 heavy (non-hydrogen) atoms. The molecule has 0 radical (unpaired) electrons. The molecule has 0 unspecified atom stereocenters. The SMILES string of the molecule is O=c1[nH]c(=O)n(-c2ccc(F)cc2)c(O)c1C=NCCc1c[nH]c2ccccc12. The summed E-state index contributed by atoms with van der Waals surface area (Å²) >= 11 is 0. The average molecular weight is 392 g/mol. The van der Waals surface area contributed by atoms with E-state index in [9.17, 15) is 19.1 Å². The largest absolute Gasteiger partial charge is 0.493 e. The molecule has 0 fully saturated rings. The predicted octanol–water partition coefficient (Wildman–Crippen LogP) is 2.51. The van der Waals surface area contributed by atoms with Crippen molar-refractivity contribution in [1.29, 1.82) is 0 Å². The van der Waals surface area contributed by atoms with Crippen molar-refractivity contribution >= 4 is 17.1 Å². The van der Waals surface area contributed by atoms with Gasteiger partial charge >= 0.3 is 5.69 Å². The zero-order chi connectivity index (χ0) is 20.4. The third-order valence-electron chi connectivity index (χ3n) is 4.61. The van der Waals surface area contributed by atoms with Gasteiger partial charge in [0.15, 0.2) is 0 Å². The van der Waals surface area contributed by atoms with Gasteiger partial charge in [0.2, 0.25) is 5.88 Å². The summed E-state index contributed by atoms with van der Waals surface area (Å²) in [5, 5.41) is 11.6. The molecule has 0 aliphatic heterocycles. The van der Waals surface area contributed by atoms with Gasteiger partial charge in [0.05, 0.1) is 5.69 Å². The molecule has 2 aromatic carbocycles. The maximum absolute atomic E-state index is 13.1. The Morgan fingerprint density at radius 2 is 1.86 bits per heavy atom. The van der Waals surface area contributed by atoms with E-state index in [1.54, 1.807) is 0 Å². The highest BCUT2D eigenvalue weighted by molar-refractivity contribution is 5.83.